The van der Waals surface area contributed by atoms with Crippen molar-refractivity contribution in [2.75, 3.05) is 18.4 Å². The van der Waals surface area contributed by atoms with E-state index in [1.54, 1.807) is 6.20 Å². The van der Waals surface area contributed by atoms with E-state index in [4.69, 9.17) is 0 Å². The topological polar surface area (TPSA) is 93.0 Å². The Balaban J connectivity index is 1.64. The number of anilines is 1. The van der Waals surface area contributed by atoms with Gasteiger partial charge in [-0.15, -0.1) is 0 Å². The first-order valence-electron chi connectivity index (χ1n) is 6.69. The van der Waals surface area contributed by atoms with Crippen LogP contribution in [0.3, 0.4) is 0 Å². The van der Waals surface area contributed by atoms with Crippen LogP contribution < -0.4 is 10.6 Å². The number of aromatic nitrogens is 2. The van der Waals surface area contributed by atoms with Gasteiger partial charge in [-0.05, 0) is 24.6 Å². The number of hydrogen-bond donors (Lipinski definition) is 2. The first-order valence-corrected chi connectivity index (χ1v) is 6.69. The molecule has 0 fully saturated rings. The van der Waals surface area contributed by atoms with E-state index in [0.29, 0.717) is 12.4 Å². The summed E-state index contributed by atoms with van der Waals surface area (Å²) in [4.78, 5) is 18.3. The molecule has 2 aromatic rings. The van der Waals surface area contributed by atoms with Crippen molar-refractivity contribution in [2.45, 2.75) is 13.0 Å². The van der Waals surface area contributed by atoms with Crippen molar-refractivity contribution in [1.82, 2.24) is 15.3 Å². The number of nitrogens with zero attached hydrogens (tertiary/aromatic N) is 3. The summed E-state index contributed by atoms with van der Waals surface area (Å²) in [7, 11) is 0. The Morgan fingerprint density at radius 1 is 1.24 bits per heavy atom. The summed E-state index contributed by atoms with van der Waals surface area (Å²) in [6.07, 6.45) is 5.91. The smallest absolute Gasteiger partial charge is 0.274 e. The molecule has 0 radical (unpaired) electrons. The van der Waals surface area contributed by atoms with Gasteiger partial charge < -0.3 is 10.6 Å². The highest BCUT2D eigenvalue weighted by Crippen LogP contribution is 2.13. The monoisotopic (exact) mass is 287 g/mol. The Morgan fingerprint density at radius 2 is 2.14 bits per heavy atom. The SMILES string of the molecule is O=[N+]([O-])c1ccnc(NCCCNCc2cccnc2)c1. The maximum absolute atomic E-state index is 10.6. The molecule has 0 aliphatic heterocycles. The lowest BCUT2D eigenvalue weighted by Gasteiger charge is -2.06. The van der Waals surface area contributed by atoms with Crippen molar-refractivity contribution in [3.8, 4) is 0 Å². The standard InChI is InChI=1S/C14H17N5O2/c20-19(21)13-4-8-18-14(9-13)17-7-2-6-16-11-12-3-1-5-15-10-12/h1,3-5,8-10,16H,2,6-7,11H2,(H,17,18). The van der Waals surface area contributed by atoms with Gasteiger partial charge in [0, 0.05) is 37.7 Å². The molecule has 0 atom stereocenters. The molecule has 0 aliphatic rings. The van der Waals surface area contributed by atoms with Crippen LogP contribution in [0.1, 0.15) is 12.0 Å². The van der Waals surface area contributed by atoms with Crippen molar-refractivity contribution in [1.29, 1.82) is 0 Å². The predicted octanol–water partition coefficient (Wildman–Crippen LogP) is 1.98. The molecule has 0 saturated heterocycles. The third kappa shape index (κ3) is 5.15. The summed E-state index contributed by atoms with van der Waals surface area (Å²) in [5.41, 5.74) is 1.19. The first-order chi connectivity index (χ1) is 10.3. The summed E-state index contributed by atoms with van der Waals surface area (Å²) in [5.74, 6) is 0.524. The highest BCUT2D eigenvalue weighted by Gasteiger charge is 2.05. The lowest BCUT2D eigenvalue weighted by Crippen LogP contribution is -2.18. The van der Waals surface area contributed by atoms with Crippen molar-refractivity contribution < 1.29 is 4.92 Å². The van der Waals surface area contributed by atoms with Gasteiger partial charge in [-0.1, -0.05) is 6.07 Å². The average molecular weight is 287 g/mol. The van der Waals surface area contributed by atoms with Gasteiger partial charge in [0.25, 0.3) is 5.69 Å². The largest absolute Gasteiger partial charge is 0.370 e. The van der Waals surface area contributed by atoms with Gasteiger partial charge in [-0.2, -0.15) is 0 Å². The van der Waals surface area contributed by atoms with Crippen LogP contribution in [-0.2, 0) is 6.54 Å². The normalized spacial score (nSPS) is 10.3. The van der Waals surface area contributed by atoms with Crippen molar-refractivity contribution in [2.24, 2.45) is 0 Å². The summed E-state index contributed by atoms with van der Waals surface area (Å²) in [6, 6.07) is 6.74. The molecular formula is C14H17N5O2. The Morgan fingerprint density at radius 3 is 2.90 bits per heavy atom. The minimum Gasteiger partial charge on any atom is -0.370 e. The minimum absolute atomic E-state index is 0.0437. The van der Waals surface area contributed by atoms with E-state index in [2.05, 4.69) is 20.6 Å². The Bertz CT molecular complexity index is 577. The summed E-state index contributed by atoms with van der Waals surface area (Å²) < 4.78 is 0. The molecule has 0 saturated carbocycles. The number of rotatable bonds is 8. The van der Waals surface area contributed by atoms with Gasteiger partial charge in [-0.25, -0.2) is 4.98 Å². The quantitative estimate of drug-likeness (QED) is 0.438. The summed E-state index contributed by atoms with van der Waals surface area (Å²) in [6.45, 7) is 2.33. The van der Waals surface area contributed by atoms with Crippen LogP contribution in [0.15, 0.2) is 42.9 Å². The van der Waals surface area contributed by atoms with Crippen LogP contribution in [0.25, 0.3) is 0 Å². The van der Waals surface area contributed by atoms with E-state index in [1.807, 2.05) is 18.3 Å². The highest BCUT2D eigenvalue weighted by molar-refractivity contribution is 5.44. The van der Waals surface area contributed by atoms with Crippen LogP contribution >= 0.6 is 0 Å². The van der Waals surface area contributed by atoms with Crippen molar-refractivity contribution >= 4 is 11.5 Å². The molecular weight excluding hydrogens is 270 g/mol. The fourth-order valence-corrected chi connectivity index (χ4v) is 1.79. The van der Waals surface area contributed by atoms with Gasteiger partial charge >= 0.3 is 0 Å². The highest BCUT2D eigenvalue weighted by atomic mass is 16.6. The molecule has 0 bridgehead atoms. The second-order valence-electron chi connectivity index (χ2n) is 4.47. The van der Waals surface area contributed by atoms with E-state index in [1.165, 1.54) is 18.3 Å². The van der Waals surface area contributed by atoms with Gasteiger partial charge in [-0.3, -0.25) is 15.1 Å². The Hall–Kier alpha value is -2.54. The number of pyridine rings is 2. The number of nitro groups is 1. The predicted molar refractivity (Wildman–Crippen MR) is 79.9 cm³/mol. The molecule has 7 nitrogen and oxygen atoms in total. The maximum atomic E-state index is 10.6. The summed E-state index contributed by atoms with van der Waals surface area (Å²) in [5, 5.41) is 17.0. The maximum Gasteiger partial charge on any atom is 0.274 e. The number of hydrogen-bond acceptors (Lipinski definition) is 6. The minimum atomic E-state index is -0.428. The molecule has 0 unspecified atom stereocenters. The molecule has 2 rings (SSSR count). The van der Waals surface area contributed by atoms with Crippen molar-refractivity contribution in [3.05, 3.63) is 58.5 Å². The lowest BCUT2D eigenvalue weighted by molar-refractivity contribution is -0.384. The van der Waals surface area contributed by atoms with Crippen LogP contribution in [0.2, 0.25) is 0 Å². The first kappa shape index (κ1) is 14.9. The second-order valence-corrected chi connectivity index (χ2v) is 4.47. The number of nitrogens with one attached hydrogen (secondary N) is 2. The molecule has 7 heteroatoms. The van der Waals surface area contributed by atoms with Crippen LogP contribution in [-0.4, -0.2) is 28.0 Å². The fraction of sp³-hybridized carbons (Fsp3) is 0.286. The lowest BCUT2D eigenvalue weighted by atomic mass is 10.3. The zero-order valence-corrected chi connectivity index (χ0v) is 11.5. The van der Waals surface area contributed by atoms with E-state index in [-0.39, 0.29) is 5.69 Å². The molecule has 110 valence electrons. The van der Waals surface area contributed by atoms with E-state index >= 15 is 0 Å². The molecule has 0 spiro atoms. The van der Waals surface area contributed by atoms with E-state index in [9.17, 15) is 10.1 Å². The van der Waals surface area contributed by atoms with Crippen LogP contribution in [0.5, 0.6) is 0 Å². The molecule has 2 N–H and O–H groups in total. The van der Waals surface area contributed by atoms with Gasteiger partial charge in [0.15, 0.2) is 0 Å². The second kappa shape index (κ2) is 7.91. The Labute approximate surface area is 122 Å². The molecule has 0 aliphatic carbocycles. The molecule has 0 amide bonds. The van der Waals surface area contributed by atoms with Gasteiger partial charge in [0.2, 0.25) is 0 Å². The fourth-order valence-electron chi connectivity index (χ4n) is 1.79. The average Bonchev–Trinajstić information content (AvgIpc) is 2.52. The summed E-state index contributed by atoms with van der Waals surface area (Å²) >= 11 is 0. The zero-order chi connectivity index (χ0) is 14.9. The molecule has 0 aromatic carbocycles. The Kier molecular flexibility index (Phi) is 5.60. The van der Waals surface area contributed by atoms with Crippen LogP contribution in [0.4, 0.5) is 11.5 Å². The van der Waals surface area contributed by atoms with Crippen molar-refractivity contribution in [3.63, 3.8) is 0 Å². The van der Waals surface area contributed by atoms with Gasteiger partial charge in [0.1, 0.15) is 5.82 Å². The van der Waals surface area contributed by atoms with Gasteiger partial charge in [0.05, 0.1) is 11.0 Å². The van der Waals surface area contributed by atoms with E-state index in [0.717, 1.165) is 25.1 Å². The van der Waals surface area contributed by atoms with E-state index < -0.39 is 4.92 Å². The molecule has 2 aromatic heterocycles. The third-order valence-corrected chi connectivity index (χ3v) is 2.84. The molecule has 21 heavy (non-hydrogen) atoms. The third-order valence-electron chi connectivity index (χ3n) is 2.84. The van der Waals surface area contributed by atoms with Crippen LogP contribution in [0, 0.1) is 10.1 Å². The molecule has 2 heterocycles. The zero-order valence-electron chi connectivity index (χ0n) is 11.5.